The molecule has 0 atom stereocenters. The van der Waals surface area contributed by atoms with Gasteiger partial charge in [-0.1, -0.05) is 11.6 Å². The van der Waals surface area contributed by atoms with Crippen LogP contribution in [0.5, 0.6) is 5.75 Å². The Morgan fingerprint density at radius 1 is 1.00 bits per heavy atom. The van der Waals surface area contributed by atoms with E-state index in [1.807, 2.05) is 40.8 Å². The number of nitrogens with zero attached hydrogens (tertiary/aromatic N) is 1. The molecule has 0 spiro atoms. The molecular formula is C17H23ClGeNO5. The van der Waals surface area contributed by atoms with Crippen LogP contribution in [0.25, 0.3) is 0 Å². The van der Waals surface area contributed by atoms with Crippen molar-refractivity contribution in [1.29, 1.82) is 0 Å². The smallest absolute Gasteiger partial charge is 0.412 e. The number of halogens is 1. The second-order valence-corrected chi connectivity index (χ2v) is 7.13. The average Bonchev–Trinajstić information content (AvgIpc) is 2.48. The van der Waals surface area contributed by atoms with Crippen molar-refractivity contribution in [1.82, 2.24) is 0 Å². The summed E-state index contributed by atoms with van der Waals surface area (Å²) in [7, 11) is 1.75. The summed E-state index contributed by atoms with van der Waals surface area (Å²) in [6, 6.07) is 14.8. The monoisotopic (exact) mass is 430 g/mol. The van der Waals surface area contributed by atoms with Gasteiger partial charge in [-0.25, -0.2) is 0 Å². The van der Waals surface area contributed by atoms with Crippen LogP contribution in [0.3, 0.4) is 0 Å². The van der Waals surface area contributed by atoms with Gasteiger partial charge in [0, 0.05) is 0 Å². The molecule has 2 aromatic carbocycles. The Hall–Kier alpha value is -1.58. The summed E-state index contributed by atoms with van der Waals surface area (Å²) in [5, 5.41) is 0.633. The van der Waals surface area contributed by atoms with Crippen LogP contribution in [0.4, 0.5) is 5.69 Å². The van der Waals surface area contributed by atoms with Crippen molar-refractivity contribution in [2.45, 2.75) is 19.4 Å². The fraction of sp³-hybridized carbons (Fsp3) is 0.235. The molecule has 0 aliphatic carbocycles. The predicted molar refractivity (Wildman–Crippen MR) is 102 cm³/mol. The maximum absolute atomic E-state index is 12.7. The van der Waals surface area contributed by atoms with Gasteiger partial charge in [-0.15, -0.1) is 0 Å². The molecule has 0 aromatic heterocycles. The third kappa shape index (κ3) is 6.68. The fourth-order valence-electron chi connectivity index (χ4n) is 2.05. The second kappa shape index (κ2) is 10.4. The third-order valence-electron chi connectivity index (χ3n) is 3.26. The number of carbonyl (C=O) groups excluding carboxylic acids is 1. The summed E-state index contributed by atoms with van der Waals surface area (Å²) in [5.74, 6) is 0.492. The molecule has 6 N–H and O–H groups in total. The van der Waals surface area contributed by atoms with E-state index < -0.39 is 5.60 Å². The Kier molecular flexibility index (Phi) is 10.7. The van der Waals surface area contributed by atoms with Gasteiger partial charge in [0.2, 0.25) is 0 Å². The van der Waals surface area contributed by atoms with Gasteiger partial charge in [0.25, 0.3) is 0 Å². The summed E-state index contributed by atoms with van der Waals surface area (Å²) < 4.78 is 6.99. The molecule has 2 aromatic rings. The third-order valence-corrected chi connectivity index (χ3v) is 4.21. The minimum atomic E-state index is -0.979. The molecule has 0 bridgehead atoms. The number of benzene rings is 2. The van der Waals surface area contributed by atoms with Gasteiger partial charge in [0.1, 0.15) is 0 Å². The summed E-state index contributed by atoms with van der Waals surface area (Å²) in [5.41, 5.74) is -0.142. The number of carbonyl (C=O) groups is 1. The average molecular weight is 429 g/mol. The number of hydrogen-bond donors (Lipinski definition) is 0. The van der Waals surface area contributed by atoms with Gasteiger partial charge in [-0.05, 0) is 0 Å². The first-order valence-corrected chi connectivity index (χ1v) is 8.27. The van der Waals surface area contributed by atoms with E-state index >= 15 is 0 Å². The summed E-state index contributed by atoms with van der Waals surface area (Å²) in [6.45, 7) is 3.52. The normalized spacial score (nSPS) is 9.80. The molecule has 137 valence electrons. The first-order valence-electron chi connectivity index (χ1n) is 6.84. The molecule has 8 heteroatoms. The zero-order chi connectivity index (χ0) is 16.3. The Balaban J connectivity index is 0. The summed E-state index contributed by atoms with van der Waals surface area (Å²) >= 11 is 7.87. The number of anilines is 1. The molecule has 6 nitrogen and oxygen atoms in total. The largest absolute Gasteiger partial charge is 0.412 e. The van der Waals surface area contributed by atoms with E-state index in [-0.39, 0.29) is 22.3 Å². The van der Waals surface area contributed by atoms with Crippen molar-refractivity contribution >= 4 is 44.1 Å². The van der Waals surface area contributed by atoms with Crippen LogP contribution in [-0.2, 0) is 4.79 Å². The van der Waals surface area contributed by atoms with E-state index in [9.17, 15) is 4.79 Å². The SMILES string of the molecule is CN(C(=O)C(C)(C)Oc1ccc(Cl)cc1)c1cc[c]([Ge])cc1.O.O.O. The number of likely N-dealkylation sites (N-methyl/N-ethyl adjacent to an activating group) is 1. The molecule has 25 heavy (non-hydrogen) atoms. The van der Waals surface area contributed by atoms with Gasteiger partial charge in [-0.3, -0.25) is 0 Å². The van der Waals surface area contributed by atoms with Gasteiger partial charge in [0.15, 0.2) is 0 Å². The van der Waals surface area contributed by atoms with E-state index in [1.54, 1.807) is 50.1 Å². The van der Waals surface area contributed by atoms with Crippen LogP contribution in [0.15, 0.2) is 48.5 Å². The second-order valence-electron chi connectivity index (χ2n) is 5.48. The molecule has 0 aliphatic heterocycles. The fourth-order valence-corrected chi connectivity index (χ4v) is 2.52. The zero-order valence-electron chi connectivity index (χ0n) is 14.3. The number of amides is 1. The van der Waals surface area contributed by atoms with Gasteiger partial charge >= 0.3 is 133 Å². The van der Waals surface area contributed by atoms with Crippen LogP contribution >= 0.6 is 11.6 Å². The Morgan fingerprint density at radius 3 is 1.96 bits per heavy atom. The molecule has 0 unspecified atom stereocenters. The molecule has 0 fully saturated rings. The molecular weight excluding hydrogens is 406 g/mol. The van der Waals surface area contributed by atoms with Crippen molar-refractivity contribution in [3.63, 3.8) is 0 Å². The van der Waals surface area contributed by atoms with Crippen LogP contribution in [0.2, 0.25) is 5.02 Å². The van der Waals surface area contributed by atoms with Crippen LogP contribution in [-0.4, -0.2) is 51.5 Å². The molecule has 0 aliphatic rings. The van der Waals surface area contributed by atoms with Crippen molar-refractivity contribution in [3.8, 4) is 5.75 Å². The van der Waals surface area contributed by atoms with Crippen LogP contribution in [0.1, 0.15) is 13.8 Å². The zero-order valence-corrected chi connectivity index (χ0v) is 17.1. The molecule has 2 rings (SSSR count). The summed E-state index contributed by atoms with van der Waals surface area (Å²) in [4.78, 5) is 14.3. The molecule has 3 radical (unpaired) electrons. The minimum Gasteiger partial charge on any atom is -0.412 e. The summed E-state index contributed by atoms with van der Waals surface area (Å²) in [6.07, 6.45) is 0. The molecule has 0 saturated heterocycles. The quantitative estimate of drug-likeness (QED) is 0.656. The first kappa shape index (κ1) is 25.7. The number of hydrogen-bond acceptors (Lipinski definition) is 2. The van der Waals surface area contributed by atoms with E-state index in [4.69, 9.17) is 16.3 Å². The number of ether oxygens (including phenoxy) is 1. The molecule has 0 saturated carbocycles. The van der Waals surface area contributed by atoms with Gasteiger partial charge < -0.3 is 16.4 Å². The molecule has 1 amide bonds. The van der Waals surface area contributed by atoms with E-state index in [2.05, 4.69) is 0 Å². The van der Waals surface area contributed by atoms with Crippen LogP contribution < -0.4 is 14.0 Å². The Bertz CT molecular complexity index is 662. The Labute approximate surface area is 160 Å². The van der Waals surface area contributed by atoms with Crippen molar-refractivity contribution in [2.24, 2.45) is 0 Å². The maximum Gasteiger partial charge on any atom is -0.412 e. The van der Waals surface area contributed by atoms with Crippen LogP contribution in [0, 0.1) is 0 Å². The number of rotatable bonds is 4. The standard InChI is InChI=1S/C17H17ClGeNO2.3H2O/c1-17(2,22-15-10-4-12(18)5-11-15)16(21)20(3)14-8-6-13(19)7-9-14;;;/h4-11H,1-3H3;3*1H2. The van der Waals surface area contributed by atoms with Gasteiger partial charge in [0.05, 0.1) is 0 Å². The minimum absolute atomic E-state index is 0. The van der Waals surface area contributed by atoms with Crippen molar-refractivity contribution < 1.29 is 26.0 Å². The van der Waals surface area contributed by atoms with E-state index in [0.717, 1.165) is 10.1 Å². The topological polar surface area (TPSA) is 124 Å². The first-order chi connectivity index (χ1) is 10.3. The van der Waals surface area contributed by atoms with Crippen molar-refractivity contribution in [3.05, 3.63) is 53.6 Å². The Morgan fingerprint density at radius 2 is 1.48 bits per heavy atom. The van der Waals surface area contributed by atoms with Gasteiger partial charge in [-0.2, -0.15) is 0 Å². The maximum atomic E-state index is 12.7. The molecule has 0 heterocycles. The van der Waals surface area contributed by atoms with Crippen molar-refractivity contribution in [2.75, 3.05) is 11.9 Å². The predicted octanol–water partition coefficient (Wildman–Crippen LogP) is 0.480. The van der Waals surface area contributed by atoms with E-state index in [0.29, 0.717) is 10.8 Å². The van der Waals surface area contributed by atoms with E-state index in [1.165, 1.54) is 0 Å².